The van der Waals surface area contributed by atoms with Gasteiger partial charge >= 0.3 is 0 Å². The van der Waals surface area contributed by atoms with E-state index in [2.05, 4.69) is 75.0 Å². The van der Waals surface area contributed by atoms with Gasteiger partial charge in [0.25, 0.3) is 0 Å². The molecule has 1 aromatic heterocycles. The predicted octanol–water partition coefficient (Wildman–Crippen LogP) is 7.07. The van der Waals surface area contributed by atoms with Crippen LogP contribution < -0.4 is 10.2 Å². The molecule has 27 heavy (non-hydrogen) atoms. The molecule has 1 aliphatic rings. The number of nitrogens with one attached hydrogen (secondary N) is 1. The van der Waals surface area contributed by atoms with Gasteiger partial charge in [0.15, 0.2) is 0 Å². The van der Waals surface area contributed by atoms with Crippen molar-refractivity contribution in [3.63, 3.8) is 0 Å². The second-order valence-electron chi connectivity index (χ2n) is 9.17. The largest absolute Gasteiger partial charge is 0.367 e. The standard InChI is InChI=1S/C24H34N2S/c1-17-13-21(14-18(2)23(17)25-19(3)15-24(4,5)6)26-11-8-7-9-22-20(16-26)10-12-27-22/h10,12-14,25H,3,7-9,11,15-16H2,1-2,4-6H3. The lowest BCUT2D eigenvalue weighted by atomic mass is 9.90. The molecule has 0 saturated carbocycles. The summed E-state index contributed by atoms with van der Waals surface area (Å²) in [7, 11) is 0. The number of fused-ring (bicyclic) bond motifs is 1. The van der Waals surface area contributed by atoms with Crippen LogP contribution in [0.2, 0.25) is 0 Å². The van der Waals surface area contributed by atoms with Crippen LogP contribution in [0.3, 0.4) is 0 Å². The predicted molar refractivity (Wildman–Crippen MR) is 121 cm³/mol. The molecule has 0 aliphatic carbocycles. The van der Waals surface area contributed by atoms with E-state index in [9.17, 15) is 0 Å². The Balaban J connectivity index is 1.81. The first-order valence-electron chi connectivity index (χ1n) is 10.1. The van der Waals surface area contributed by atoms with Crippen LogP contribution in [0.5, 0.6) is 0 Å². The summed E-state index contributed by atoms with van der Waals surface area (Å²) in [6.45, 7) is 17.6. The van der Waals surface area contributed by atoms with Gasteiger partial charge in [-0.1, -0.05) is 27.4 Å². The minimum Gasteiger partial charge on any atom is -0.367 e. The van der Waals surface area contributed by atoms with Crippen molar-refractivity contribution in [1.29, 1.82) is 0 Å². The van der Waals surface area contributed by atoms with Gasteiger partial charge in [0.1, 0.15) is 0 Å². The quantitative estimate of drug-likeness (QED) is 0.608. The van der Waals surface area contributed by atoms with Gasteiger partial charge < -0.3 is 10.2 Å². The molecule has 0 unspecified atom stereocenters. The lowest BCUT2D eigenvalue weighted by Gasteiger charge is -2.29. The number of hydrogen-bond donors (Lipinski definition) is 1. The van der Waals surface area contributed by atoms with E-state index >= 15 is 0 Å². The van der Waals surface area contributed by atoms with Gasteiger partial charge in [0.2, 0.25) is 0 Å². The summed E-state index contributed by atoms with van der Waals surface area (Å²) in [4.78, 5) is 4.13. The Morgan fingerprint density at radius 3 is 2.56 bits per heavy atom. The zero-order chi connectivity index (χ0) is 19.6. The SMILES string of the molecule is C=C(CC(C)(C)C)Nc1c(C)cc(N2CCCCc3sccc3C2)cc1C. The van der Waals surface area contributed by atoms with Crippen LogP contribution in [0.15, 0.2) is 35.9 Å². The number of anilines is 2. The molecule has 1 aromatic carbocycles. The maximum Gasteiger partial charge on any atom is 0.0442 e. The summed E-state index contributed by atoms with van der Waals surface area (Å²) in [6.07, 6.45) is 4.77. The monoisotopic (exact) mass is 382 g/mol. The van der Waals surface area contributed by atoms with E-state index in [-0.39, 0.29) is 5.41 Å². The van der Waals surface area contributed by atoms with Crippen LogP contribution in [0, 0.1) is 19.3 Å². The molecule has 0 atom stereocenters. The van der Waals surface area contributed by atoms with Gasteiger partial charge in [-0.3, -0.25) is 0 Å². The highest BCUT2D eigenvalue weighted by atomic mass is 32.1. The van der Waals surface area contributed by atoms with Crippen LogP contribution in [0.1, 0.15) is 61.6 Å². The van der Waals surface area contributed by atoms with Crippen molar-refractivity contribution in [2.45, 2.75) is 66.8 Å². The van der Waals surface area contributed by atoms with E-state index in [4.69, 9.17) is 0 Å². The van der Waals surface area contributed by atoms with Gasteiger partial charge in [-0.05, 0) is 85.2 Å². The third-order valence-electron chi connectivity index (χ3n) is 5.21. The first-order chi connectivity index (χ1) is 12.7. The van der Waals surface area contributed by atoms with Gasteiger partial charge in [-0.25, -0.2) is 0 Å². The molecule has 0 fully saturated rings. The Morgan fingerprint density at radius 2 is 1.89 bits per heavy atom. The third-order valence-corrected chi connectivity index (χ3v) is 6.23. The Kier molecular flexibility index (Phi) is 6.00. The minimum atomic E-state index is 0.245. The molecule has 3 rings (SSSR count). The Bertz CT molecular complexity index is 787. The fourth-order valence-corrected chi connectivity index (χ4v) is 4.94. The lowest BCUT2D eigenvalue weighted by molar-refractivity contribution is 0.411. The molecule has 2 aromatic rings. The smallest absolute Gasteiger partial charge is 0.0442 e. The van der Waals surface area contributed by atoms with E-state index in [0.717, 1.165) is 25.2 Å². The van der Waals surface area contributed by atoms with Gasteiger partial charge in [0, 0.05) is 35.0 Å². The fourth-order valence-electron chi connectivity index (χ4n) is 4.00. The van der Waals surface area contributed by atoms with Crippen molar-refractivity contribution in [3.05, 3.63) is 57.4 Å². The summed E-state index contributed by atoms with van der Waals surface area (Å²) in [6, 6.07) is 6.99. The molecule has 0 radical (unpaired) electrons. The van der Waals surface area contributed by atoms with Crippen LogP contribution in [0.25, 0.3) is 0 Å². The fraction of sp³-hybridized carbons (Fsp3) is 0.500. The highest BCUT2D eigenvalue weighted by Gasteiger charge is 2.17. The maximum atomic E-state index is 4.25. The summed E-state index contributed by atoms with van der Waals surface area (Å²) >= 11 is 1.92. The molecule has 0 saturated heterocycles. The van der Waals surface area contributed by atoms with Crippen LogP contribution in [0.4, 0.5) is 11.4 Å². The van der Waals surface area contributed by atoms with Crippen molar-refractivity contribution >= 4 is 22.7 Å². The number of benzene rings is 1. The minimum absolute atomic E-state index is 0.245. The zero-order valence-electron chi connectivity index (χ0n) is 17.6. The Hall–Kier alpha value is -1.74. The molecule has 3 heteroatoms. The van der Waals surface area contributed by atoms with Crippen molar-refractivity contribution < 1.29 is 0 Å². The summed E-state index contributed by atoms with van der Waals surface area (Å²) in [5.41, 5.74) is 8.01. The van der Waals surface area contributed by atoms with Crippen LogP contribution in [-0.4, -0.2) is 6.54 Å². The molecular weight excluding hydrogens is 348 g/mol. The number of thiophene rings is 1. The number of aryl methyl sites for hydroxylation is 3. The zero-order valence-corrected chi connectivity index (χ0v) is 18.4. The van der Waals surface area contributed by atoms with E-state index < -0.39 is 0 Å². The maximum absolute atomic E-state index is 4.25. The number of nitrogens with zero attached hydrogens (tertiary/aromatic N) is 1. The molecular formula is C24H34N2S. The highest BCUT2D eigenvalue weighted by Crippen LogP contribution is 2.33. The van der Waals surface area contributed by atoms with Gasteiger partial charge in [-0.2, -0.15) is 0 Å². The molecule has 2 heterocycles. The summed E-state index contributed by atoms with van der Waals surface area (Å²) < 4.78 is 0. The topological polar surface area (TPSA) is 15.3 Å². The molecule has 0 spiro atoms. The van der Waals surface area contributed by atoms with E-state index in [1.54, 1.807) is 4.88 Å². The first kappa shape index (κ1) is 20.0. The van der Waals surface area contributed by atoms with Crippen LogP contribution in [-0.2, 0) is 13.0 Å². The van der Waals surface area contributed by atoms with Crippen LogP contribution >= 0.6 is 11.3 Å². The summed E-state index contributed by atoms with van der Waals surface area (Å²) in [5.74, 6) is 0. The molecule has 2 nitrogen and oxygen atoms in total. The second kappa shape index (κ2) is 8.10. The highest BCUT2D eigenvalue weighted by molar-refractivity contribution is 7.10. The third kappa shape index (κ3) is 5.16. The molecule has 1 aliphatic heterocycles. The molecule has 1 N–H and O–H groups in total. The van der Waals surface area contributed by atoms with E-state index in [0.29, 0.717) is 0 Å². The van der Waals surface area contributed by atoms with Crippen molar-refractivity contribution in [1.82, 2.24) is 0 Å². The number of hydrogen-bond acceptors (Lipinski definition) is 3. The number of allylic oxidation sites excluding steroid dienone is 1. The average molecular weight is 383 g/mol. The number of rotatable bonds is 4. The van der Waals surface area contributed by atoms with Gasteiger partial charge in [0.05, 0.1) is 0 Å². The Morgan fingerprint density at radius 1 is 1.19 bits per heavy atom. The van der Waals surface area contributed by atoms with Crippen molar-refractivity contribution in [3.8, 4) is 0 Å². The van der Waals surface area contributed by atoms with E-state index in [1.807, 2.05) is 11.3 Å². The molecule has 0 bridgehead atoms. The van der Waals surface area contributed by atoms with Gasteiger partial charge in [-0.15, -0.1) is 11.3 Å². The summed E-state index contributed by atoms with van der Waals surface area (Å²) in [5, 5.41) is 5.84. The molecule has 0 amide bonds. The van der Waals surface area contributed by atoms with Crippen molar-refractivity contribution in [2.75, 3.05) is 16.8 Å². The van der Waals surface area contributed by atoms with Crippen molar-refractivity contribution in [2.24, 2.45) is 5.41 Å². The lowest BCUT2D eigenvalue weighted by Crippen LogP contribution is -2.26. The Labute approximate surface area is 169 Å². The second-order valence-corrected chi connectivity index (χ2v) is 10.2. The first-order valence-corrected chi connectivity index (χ1v) is 11.0. The molecule has 146 valence electrons. The normalized spacial score (nSPS) is 15.1. The van der Waals surface area contributed by atoms with E-state index in [1.165, 1.54) is 47.3 Å². The average Bonchev–Trinajstić information content (AvgIpc) is 2.95.